The largest absolute Gasteiger partial charge is 0.339 e. The number of rotatable bonds is 5. The lowest BCUT2D eigenvalue weighted by atomic mass is 10.2. The first-order valence-corrected chi connectivity index (χ1v) is 9.93. The van der Waals surface area contributed by atoms with Gasteiger partial charge in [0.2, 0.25) is 5.91 Å². The highest BCUT2D eigenvalue weighted by molar-refractivity contribution is 5.96. The minimum Gasteiger partial charge on any atom is -0.339 e. The Balaban J connectivity index is 1.28. The molecular formula is C21H23F2N5O2. The lowest BCUT2D eigenvalue weighted by Crippen LogP contribution is -2.51. The zero-order valence-electron chi connectivity index (χ0n) is 16.5. The number of nitrogens with zero attached hydrogens (tertiary/aromatic N) is 5. The maximum absolute atomic E-state index is 13.5. The molecule has 1 aromatic heterocycles. The maximum atomic E-state index is 13.5. The summed E-state index contributed by atoms with van der Waals surface area (Å²) in [5.74, 6) is -2.06. The van der Waals surface area contributed by atoms with E-state index in [0.29, 0.717) is 26.2 Å². The van der Waals surface area contributed by atoms with Gasteiger partial charge >= 0.3 is 6.03 Å². The van der Waals surface area contributed by atoms with E-state index in [1.165, 1.54) is 15.9 Å². The molecule has 1 aromatic carbocycles. The molecule has 4 rings (SSSR count). The van der Waals surface area contributed by atoms with Crippen LogP contribution in [0.2, 0.25) is 0 Å². The number of urea groups is 1. The number of amides is 3. The van der Waals surface area contributed by atoms with Crippen LogP contribution in [0.4, 0.5) is 19.3 Å². The number of carbonyl (C=O) groups is 2. The number of anilines is 1. The average Bonchev–Trinajstić information content (AvgIpc) is 3.11. The topological polar surface area (TPSA) is 60.0 Å². The van der Waals surface area contributed by atoms with Crippen molar-refractivity contribution in [2.24, 2.45) is 0 Å². The van der Waals surface area contributed by atoms with Crippen LogP contribution in [-0.2, 0) is 11.3 Å². The molecule has 3 heterocycles. The summed E-state index contributed by atoms with van der Waals surface area (Å²) in [4.78, 5) is 36.5. The molecule has 2 aromatic rings. The number of benzene rings is 1. The van der Waals surface area contributed by atoms with E-state index in [0.717, 1.165) is 37.5 Å². The van der Waals surface area contributed by atoms with Gasteiger partial charge in [0.25, 0.3) is 0 Å². The number of halogens is 2. The zero-order chi connectivity index (χ0) is 21.1. The molecule has 0 bridgehead atoms. The third-order valence-corrected chi connectivity index (χ3v) is 5.47. The van der Waals surface area contributed by atoms with Crippen LogP contribution in [0.25, 0.3) is 0 Å². The van der Waals surface area contributed by atoms with E-state index >= 15 is 0 Å². The zero-order valence-corrected chi connectivity index (χ0v) is 16.5. The van der Waals surface area contributed by atoms with Crippen molar-refractivity contribution >= 4 is 17.6 Å². The first kappa shape index (κ1) is 20.2. The van der Waals surface area contributed by atoms with Crippen molar-refractivity contribution < 1.29 is 18.4 Å². The highest BCUT2D eigenvalue weighted by Gasteiger charge is 2.33. The van der Waals surface area contributed by atoms with Crippen LogP contribution in [0, 0.1) is 11.6 Å². The van der Waals surface area contributed by atoms with Gasteiger partial charge in [-0.15, -0.1) is 0 Å². The lowest BCUT2D eigenvalue weighted by Gasteiger charge is -2.35. The quantitative estimate of drug-likeness (QED) is 0.749. The second kappa shape index (κ2) is 8.74. The molecular weight excluding hydrogens is 392 g/mol. The summed E-state index contributed by atoms with van der Waals surface area (Å²) in [6.07, 6.45) is 1.77. The Morgan fingerprint density at radius 2 is 1.77 bits per heavy atom. The molecule has 2 aliphatic heterocycles. The molecule has 0 aliphatic carbocycles. The van der Waals surface area contributed by atoms with Crippen molar-refractivity contribution in [3.8, 4) is 0 Å². The second-order valence-electron chi connectivity index (χ2n) is 7.43. The average molecular weight is 415 g/mol. The molecule has 158 valence electrons. The van der Waals surface area contributed by atoms with Gasteiger partial charge in [-0.25, -0.2) is 13.6 Å². The number of carbonyl (C=O) groups excluding carboxylic acids is 2. The van der Waals surface area contributed by atoms with E-state index in [1.807, 2.05) is 18.2 Å². The Bertz CT molecular complexity index is 919. The van der Waals surface area contributed by atoms with Crippen molar-refractivity contribution in [2.75, 3.05) is 50.7 Å². The minimum absolute atomic E-state index is 0.0146. The number of pyridine rings is 1. The van der Waals surface area contributed by atoms with Gasteiger partial charge < -0.3 is 9.80 Å². The van der Waals surface area contributed by atoms with Gasteiger partial charge in [-0.1, -0.05) is 6.07 Å². The van der Waals surface area contributed by atoms with Gasteiger partial charge in [0.05, 0.1) is 5.69 Å². The summed E-state index contributed by atoms with van der Waals surface area (Å²) in [6, 6.07) is 8.81. The van der Waals surface area contributed by atoms with Crippen LogP contribution in [0.15, 0.2) is 42.6 Å². The van der Waals surface area contributed by atoms with Crippen LogP contribution in [-0.4, -0.2) is 77.4 Å². The third kappa shape index (κ3) is 4.40. The summed E-state index contributed by atoms with van der Waals surface area (Å²) >= 11 is 0. The first-order valence-electron chi connectivity index (χ1n) is 9.93. The van der Waals surface area contributed by atoms with Crippen LogP contribution < -0.4 is 4.90 Å². The van der Waals surface area contributed by atoms with Gasteiger partial charge in [0.15, 0.2) is 11.6 Å². The number of hydrogen-bond donors (Lipinski definition) is 0. The monoisotopic (exact) mass is 415 g/mol. The van der Waals surface area contributed by atoms with Gasteiger partial charge in [0.1, 0.15) is 6.54 Å². The second-order valence-corrected chi connectivity index (χ2v) is 7.43. The van der Waals surface area contributed by atoms with Crippen LogP contribution >= 0.6 is 0 Å². The van der Waals surface area contributed by atoms with Crippen LogP contribution in [0.5, 0.6) is 0 Å². The number of aromatic nitrogens is 1. The van der Waals surface area contributed by atoms with E-state index in [9.17, 15) is 18.4 Å². The molecule has 0 atom stereocenters. The van der Waals surface area contributed by atoms with Crippen molar-refractivity contribution in [1.29, 1.82) is 0 Å². The first-order chi connectivity index (χ1) is 14.5. The lowest BCUT2D eigenvalue weighted by molar-refractivity contribution is -0.133. The fourth-order valence-corrected chi connectivity index (χ4v) is 3.76. The predicted molar refractivity (Wildman–Crippen MR) is 107 cm³/mol. The van der Waals surface area contributed by atoms with E-state index in [2.05, 4.69) is 9.88 Å². The summed E-state index contributed by atoms with van der Waals surface area (Å²) in [7, 11) is 0. The Morgan fingerprint density at radius 1 is 0.967 bits per heavy atom. The molecule has 2 fully saturated rings. The molecule has 2 saturated heterocycles. The highest BCUT2D eigenvalue weighted by Crippen LogP contribution is 2.22. The number of hydrogen-bond acceptors (Lipinski definition) is 4. The molecule has 0 saturated carbocycles. The fraction of sp³-hybridized carbons (Fsp3) is 0.381. The van der Waals surface area contributed by atoms with Crippen LogP contribution in [0.1, 0.15) is 5.69 Å². The van der Waals surface area contributed by atoms with Crippen molar-refractivity contribution in [3.05, 3.63) is 59.9 Å². The molecule has 30 heavy (non-hydrogen) atoms. The molecule has 0 N–H and O–H groups in total. The molecule has 2 aliphatic rings. The summed E-state index contributed by atoms with van der Waals surface area (Å²) in [5, 5.41) is 0. The highest BCUT2D eigenvalue weighted by atomic mass is 19.2. The maximum Gasteiger partial charge on any atom is 0.325 e. The molecule has 9 heteroatoms. The SMILES string of the molecule is O=C(CN1CCN(c2ccc(F)c(F)c2)C1=O)N1CCN(Cc2ccccn2)CC1. The van der Waals surface area contributed by atoms with E-state index in [-0.39, 0.29) is 24.2 Å². The van der Waals surface area contributed by atoms with Crippen LogP contribution in [0.3, 0.4) is 0 Å². The van der Waals surface area contributed by atoms with E-state index in [1.54, 1.807) is 11.1 Å². The Morgan fingerprint density at radius 3 is 2.47 bits per heavy atom. The Kier molecular flexibility index (Phi) is 5.89. The smallest absolute Gasteiger partial charge is 0.325 e. The standard InChI is InChI=1S/C21H23F2N5O2/c22-18-5-4-17(13-19(18)23)28-12-11-27(21(28)30)15-20(29)26-9-7-25(8-10-26)14-16-3-1-2-6-24-16/h1-6,13H,7-12,14-15H2. The molecule has 0 unspecified atom stereocenters. The predicted octanol–water partition coefficient (Wildman–Crippen LogP) is 1.95. The van der Waals surface area contributed by atoms with Gasteiger partial charge in [-0.2, -0.15) is 0 Å². The van der Waals surface area contributed by atoms with E-state index < -0.39 is 11.6 Å². The van der Waals surface area contributed by atoms with Gasteiger partial charge in [0, 0.05) is 63.8 Å². The van der Waals surface area contributed by atoms with E-state index in [4.69, 9.17) is 0 Å². The van der Waals surface area contributed by atoms with Crippen molar-refractivity contribution in [1.82, 2.24) is 19.7 Å². The Labute approximate surface area is 173 Å². The van der Waals surface area contributed by atoms with Crippen molar-refractivity contribution in [2.45, 2.75) is 6.54 Å². The van der Waals surface area contributed by atoms with Gasteiger partial charge in [-0.3, -0.25) is 19.6 Å². The Hall–Kier alpha value is -3.07. The number of piperazine rings is 1. The van der Waals surface area contributed by atoms with Gasteiger partial charge in [-0.05, 0) is 24.3 Å². The third-order valence-electron chi connectivity index (χ3n) is 5.47. The van der Waals surface area contributed by atoms with Crippen molar-refractivity contribution in [3.63, 3.8) is 0 Å². The fourth-order valence-electron chi connectivity index (χ4n) is 3.76. The normalized spacial score (nSPS) is 17.7. The molecule has 0 radical (unpaired) electrons. The summed E-state index contributed by atoms with van der Waals surface area (Å²) in [5.41, 5.74) is 1.29. The molecule has 7 nitrogen and oxygen atoms in total. The molecule has 0 spiro atoms. The molecule has 3 amide bonds. The minimum atomic E-state index is -1.00. The summed E-state index contributed by atoms with van der Waals surface area (Å²) in [6.45, 7) is 4.11. The summed E-state index contributed by atoms with van der Waals surface area (Å²) < 4.78 is 26.6.